The zero-order chi connectivity index (χ0) is 16.8. The zero-order valence-electron chi connectivity index (χ0n) is 15.3. The molecule has 0 saturated heterocycles. The number of alkyl halides is 1. The molecule has 0 aromatic rings. The van der Waals surface area contributed by atoms with Crippen molar-refractivity contribution in [3.05, 3.63) is 0 Å². The lowest BCUT2D eigenvalue weighted by Crippen LogP contribution is -2.15. The van der Waals surface area contributed by atoms with Crippen molar-refractivity contribution in [2.24, 2.45) is 11.8 Å². The summed E-state index contributed by atoms with van der Waals surface area (Å²) in [5, 5.41) is 0. The molecule has 0 fully saturated rings. The van der Waals surface area contributed by atoms with Crippen LogP contribution in [0.2, 0.25) is 0 Å². The Hall–Kier alpha value is 0.480. The smallest absolute Gasteiger partial charge is 0.203 e. The van der Waals surface area contributed by atoms with Crippen LogP contribution >= 0.6 is 19.0 Å². The first-order valence-electron chi connectivity index (χ1n) is 9.33. The fraction of sp³-hybridized carbons (Fsp3) is 1.00. The van der Waals surface area contributed by atoms with Crippen LogP contribution in [0.15, 0.2) is 0 Å². The van der Waals surface area contributed by atoms with E-state index in [1.54, 1.807) is 0 Å². The minimum atomic E-state index is -2.55. The van der Waals surface area contributed by atoms with E-state index in [1.807, 2.05) is 0 Å². The predicted octanol–water partition coefficient (Wildman–Crippen LogP) is 6.95. The highest BCUT2D eigenvalue weighted by molar-refractivity contribution is 7.59. The molecule has 2 nitrogen and oxygen atoms in total. The maximum absolute atomic E-state index is 13.4. The van der Waals surface area contributed by atoms with Crippen LogP contribution in [0.1, 0.15) is 79.1 Å². The molecule has 0 saturated carbocycles. The van der Waals surface area contributed by atoms with Gasteiger partial charge in [0.15, 0.2) is 0 Å². The van der Waals surface area contributed by atoms with Gasteiger partial charge in [0.1, 0.15) is 0 Å². The minimum absolute atomic E-state index is 0.424. The fourth-order valence-corrected chi connectivity index (χ4v) is 6.43. The maximum Gasteiger partial charge on any atom is 0.203 e. The Morgan fingerprint density at radius 1 is 0.909 bits per heavy atom. The van der Waals surface area contributed by atoms with Crippen molar-refractivity contribution in [2.45, 2.75) is 79.1 Å². The summed E-state index contributed by atoms with van der Waals surface area (Å²) in [4.78, 5) is 0. The summed E-state index contributed by atoms with van der Waals surface area (Å²) >= 11 is 5.77. The largest absolute Gasteiger partial charge is 0.327 e. The summed E-state index contributed by atoms with van der Waals surface area (Å²) in [7, 11) is -2.55. The monoisotopic (exact) mass is 352 g/mol. The zero-order valence-corrected chi connectivity index (χ0v) is 16.9. The molecule has 2 atom stereocenters. The first-order chi connectivity index (χ1) is 10.5. The summed E-state index contributed by atoms with van der Waals surface area (Å²) in [6.07, 6.45) is 10.9. The first-order valence-corrected chi connectivity index (χ1v) is 11.9. The summed E-state index contributed by atoms with van der Waals surface area (Å²) in [6.45, 7) is 9.27. The van der Waals surface area contributed by atoms with Crippen LogP contribution < -0.4 is 0 Å². The lowest BCUT2D eigenvalue weighted by atomic mass is 10.0. The molecule has 0 N–H and O–H groups in total. The molecule has 2 unspecified atom stereocenters. The highest BCUT2D eigenvalue weighted by Gasteiger charge is 2.29. The van der Waals surface area contributed by atoms with Crippen LogP contribution in [0, 0.1) is 11.8 Å². The predicted molar refractivity (Wildman–Crippen MR) is 101 cm³/mol. The second kappa shape index (κ2) is 13.9. The van der Waals surface area contributed by atoms with Crippen molar-refractivity contribution in [1.29, 1.82) is 0 Å². The van der Waals surface area contributed by atoms with Gasteiger partial charge in [0.2, 0.25) is 7.37 Å². The van der Waals surface area contributed by atoms with E-state index in [2.05, 4.69) is 27.7 Å². The van der Waals surface area contributed by atoms with E-state index in [9.17, 15) is 4.57 Å². The fourth-order valence-electron chi connectivity index (χ4n) is 3.00. The normalized spacial score (nSPS) is 17.1. The number of halogens is 1. The molecule has 0 aliphatic carbocycles. The summed E-state index contributed by atoms with van der Waals surface area (Å²) in [5.74, 6) is 1.50. The van der Waals surface area contributed by atoms with Crippen LogP contribution in [0.4, 0.5) is 0 Å². The summed E-state index contributed by atoms with van der Waals surface area (Å²) in [6, 6.07) is 0. The second-order valence-corrected chi connectivity index (χ2v) is 9.53. The number of hydrogen-bond acceptors (Lipinski definition) is 2. The van der Waals surface area contributed by atoms with Crippen LogP contribution in [0.3, 0.4) is 0 Å². The Bertz CT molecular complexity index is 275. The highest BCUT2D eigenvalue weighted by atomic mass is 35.5. The third-order valence-electron chi connectivity index (χ3n) is 4.56. The van der Waals surface area contributed by atoms with E-state index in [0.29, 0.717) is 24.3 Å². The Kier molecular flexibility index (Phi) is 14.2. The van der Waals surface area contributed by atoms with Gasteiger partial charge in [-0.25, -0.2) is 0 Å². The Balaban J connectivity index is 4.75. The standard InChI is InChI=1S/C18H38ClO2P/c1-5-9-11-17(7-3)15-22(20,21-14-13-19)16-18(8-4)12-10-6-2/h17-18H,5-16H2,1-4H3. The molecule has 0 spiro atoms. The van der Waals surface area contributed by atoms with Crippen LogP contribution in [-0.4, -0.2) is 24.8 Å². The summed E-state index contributed by atoms with van der Waals surface area (Å²) < 4.78 is 19.2. The van der Waals surface area contributed by atoms with Crippen LogP contribution in [-0.2, 0) is 9.09 Å². The Labute approximate surface area is 144 Å². The van der Waals surface area contributed by atoms with E-state index < -0.39 is 7.37 Å². The lowest BCUT2D eigenvalue weighted by molar-refractivity contribution is 0.317. The molecule has 0 aromatic carbocycles. The first kappa shape index (κ1) is 22.5. The quantitative estimate of drug-likeness (QED) is 0.235. The van der Waals surface area contributed by atoms with Gasteiger partial charge in [0.05, 0.1) is 6.61 Å². The van der Waals surface area contributed by atoms with Gasteiger partial charge in [-0.15, -0.1) is 11.6 Å². The number of hydrogen-bond donors (Lipinski definition) is 0. The highest BCUT2D eigenvalue weighted by Crippen LogP contribution is 2.52. The average Bonchev–Trinajstić information content (AvgIpc) is 2.53. The van der Waals surface area contributed by atoms with Crippen molar-refractivity contribution in [1.82, 2.24) is 0 Å². The van der Waals surface area contributed by atoms with Gasteiger partial charge in [-0.3, -0.25) is 4.57 Å². The van der Waals surface area contributed by atoms with Gasteiger partial charge >= 0.3 is 0 Å². The van der Waals surface area contributed by atoms with Crippen LogP contribution in [0.5, 0.6) is 0 Å². The number of rotatable bonds is 15. The maximum atomic E-state index is 13.4. The van der Waals surface area contributed by atoms with Crippen molar-refractivity contribution in [3.8, 4) is 0 Å². The molecule has 0 bridgehead atoms. The van der Waals surface area contributed by atoms with Gasteiger partial charge in [-0.2, -0.15) is 0 Å². The SMILES string of the molecule is CCCCC(CC)CP(=O)(CC(CC)CCCC)OCCCl. The van der Waals surface area contributed by atoms with Crippen LogP contribution in [0.25, 0.3) is 0 Å². The van der Waals surface area contributed by atoms with Gasteiger partial charge in [0, 0.05) is 18.2 Å². The molecule has 0 heterocycles. The number of unbranched alkanes of at least 4 members (excludes halogenated alkanes) is 2. The van der Waals surface area contributed by atoms with Crippen molar-refractivity contribution >= 4 is 19.0 Å². The Morgan fingerprint density at radius 2 is 1.36 bits per heavy atom. The van der Waals surface area contributed by atoms with Crippen molar-refractivity contribution in [3.63, 3.8) is 0 Å². The van der Waals surface area contributed by atoms with Gasteiger partial charge in [-0.05, 0) is 24.7 Å². The molecule has 0 aliphatic heterocycles. The van der Waals surface area contributed by atoms with E-state index in [4.69, 9.17) is 16.1 Å². The minimum Gasteiger partial charge on any atom is -0.327 e. The molecule has 22 heavy (non-hydrogen) atoms. The summed E-state index contributed by atoms with van der Waals surface area (Å²) in [5.41, 5.74) is 0. The van der Waals surface area contributed by atoms with E-state index in [0.717, 1.165) is 25.2 Å². The van der Waals surface area contributed by atoms with Crippen molar-refractivity contribution in [2.75, 3.05) is 24.8 Å². The topological polar surface area (TPSA) is 26.3 Å². The molecule has 0 radical (unpaired) electrons. The molecule has 0 amide bonds. The van der Waals surface area contributed by atoms with Gasteiger partial charge < -0.3 is 4.52 Å². The van der Waals surface area contributed by atoms with Gasteiger partial charge in [0.25, 0.3) is 0 Å². The third-order valence-corrected chi connectivity index (χ3v) is 7.52. The van der Waals surface area contributed by atoms with Gasteiger partial charge in [-0.1, -0.05) is 66.2 Å². The molecule has 0 aromatic heterocycles. The Morgan fingerprint density at radius 3 is 1.68 bits per heavy atom. The van der Waals surface area contributed by atoms with E-state index in [-0.39, 0.29) is 0 Å². The molecular formula is C18H38ClO2P. The molecule has 0 aliphatic rings. The molecular weight excluding hydrogens is 315 g/mol. The third kappa shape index (κ3) is 10.3. The molecule has 4 heteroatoms. The lowest BCUT2D eigenvalue weighted by Gasteiger charge is -2.27. The van der Waals surface area contributed by atoms with Crippen molar-refractivity contribution < 1.29 is 9.09 Å². The van der Waals surface area contributed by atoms with E-state index in [1.165, 1.54) is 38.5 Å². The van der Waals surface area contributed by atoms with E-state index >= 15 is 0 Å². The molecule has 134 valence electrons. The molecule has 0 rings (SSSR count). The average molecular weight is 353 g/mol. The second-order valence-electron chi connectivity index (χ2n) is 6.53.